The molecule has 1 saturated heterocycles. The molecule has 1 aromatic carbocycles. The standard InChI is InChI=1S/C20H30N4O/c1-15-8-6-9-16(2)23(15)13-7-12-21-20(25)14-24-19-11-5-4-10-18(19)17(3)22-24/h4-5,10-11,15-16H,6-9,12-14H2,1-3H3,(H,21,25)/t15-,16-/m1/s1. The lowest BCUT2D eigenvalue weighted by molar-refractivity contribution is -0.121. The topological polar surface area (TPSA) is 50.2 Å². The first-order chi connectivity index (χ1) is 12.1. The molecule has 5 nitrogen and oxygen atoms in total. The zero-order valence-corrected chi connectivity index (χ0v) is 15.7. The second kappa shape index (κ2) is 8.00. The van der Waals surface area contributed by atoms with E-state index in [0.717, 1.165) is 36.1 Å². The Bertz CT molecular complexity index is 714. The molecule has 0 spiro atoms. The van der Waals surface area contributed by atoms with Crippen LogP contribution in [0.25, 0.3) is 10.9 Å². The van der Waals surface area contributed by atoms with Gasteiger partial charge in [0.05, 0.1) is 11.2 Å². The predicted octanol–water partition coefficient (Wildman–Crippen LogP) is 3.11. The van der Waals surface area contributed by atoms with Crippen LogP contribution in [-0.4, -0.2) is 45.8 Å². The Hall–Kier alpha value is -1.88. The van der Waals surface area contributed by atoms with Crippen molar-refractivity contribution in [3.05, 3.63) is 30.0 Å². The molecule has 0 radical (unpaired) electrons. The minimum absolute atomic E-state index is 0.0352. The SMILES string of the molecule is Cc1nn(CC(=O)NCCCN2[C@H](C)CCC[C@H]2C)c2ccccc12. The number of para-hydroxylation sites is 1. The van der Waals surface area contributed by atoms with Gasteiger partial charge in [0.25, 0.3) is 0 Å². The fraction of sp³-hybridized carbons (Fsp3) is 0.600. The molecule has 1 amide bonds. The number of fused-ring (bicyclic) bond motifs is 1. The summed E-state index contributed by atoms with van der Waals surface area (Å²) >= 11 is 0. The smallest absolute Gasteiger partial charge is 0.241 e. The number of nitrogens with one attached hydrogen (secondary N) is 1. The molecular formula is C20H30N4O. The molecule has 25 heavy (non-hydrogen) atoms. The van der Waals surface area contributed by atoms with Crippen LogP contribution in [0.2, 0.25) is 0 Å². The molecular weight excluding hydrogens is 312 g/mol. The van der Waals surface area contributed by atoms with Crippen LogP contribution in [0.3, 0.4) is 0 Å². The van der Waals surface area contributed by atoms with Gasteiger partial charge in [0.15, 0.2) is 0 Å². The zero-order chi connectivity index (χ0) is 17.8. The van der Waals surface area contributed by atoms with Crippen molar-refractivity contribution in [3.8, 4) is 0 Å². The highest BCUT2D eigenvalue weighted by Gasteiger charge is 2.23. The normalized spacial score (nSPS) is 21.6. The summed E-state index contributed by atoms with van der Waals surface area (Å²) in [4.78, 5) is 14.8. The first kappa shape index (κ1) is 17.9. The molecule has 5 heteroatoms. The number of hydrogen-bond donors (Lipinski definition) is 1. The van der Waals surface area contributed by atoms with Gasteiger partial charge in [-0.3, -0.25) is 14.4 Å². The average molecular weight is 342 g/mol. The van der Waals surface area contributed by atoms with Crippen molar-refractivity contribution in [2.45, 2.75) is 65.1 Å². The van der Waals surface area contributed by atoms with E-state index in [9.17, 15) is 4.79 Å². The van der Waals surface area contributed by atoms with E-state index < -0.39 is 0 Å². The summed E-state index contributed by atoms with van der Waals surface area (Å²) in [5.41, 5.74) is 1.99. The molecule has 0 bridgehead atoms. The number of amides is 1. The maximum atomic E-state index is 12.3. The molecule has 0 aliphatic carbocycles. The van der Waals surface area contributed by atoms with Gasteiger partial charge in [-0.05, 0) is 46.1 Å². The highest BCUT2D eigenvalue weighted by Crippen LogP contribution is 2.22. The third-order valence-electron chi connectivity index (χ3n) is 5.43. The van der Waals surface area contributed by atoms with Gasteiger partial charge in [0, 0.05) is 30.6 Å². The second-order valence-corrected chi connectivity index (χ2v) is 7.33. The van der Waals surface area contributed by atoms with Gasteiger partial charge in [0.1, 0.15) is 6.54 Å². The van der Waals surface area contributed by atoms with Crippen LogP contribution < -0.4 is 5.32 Å². The van der Waals surface area contributed by atoms with Crippen LogP contribution in [0.5, 0.6) is 0 Å². The van der Waals surface area contributed by atoms with E-state index in [2.05, 4.69) is 29.2 Å². The maximum absolute atomic E-state index is 12.3. The maximum Gasteiger partial charge on any atom is 0.241 e. The van der Waals surface area contributed by atoms with Gasteiger partial charge in [0.2, 0.25) is 5.91 Å². The Morgan fingerprint density at radius 1 is 1.24 bits per heavy atom. The van der Waals surface area contributed by atoms with Crippen molar-refractivity contribution >= 4 is 16.8 Å². The molecule has 1 aromatic heterocycles. The number of carbonyl (C=O) groups is 1. The first-order valence-electron chi connectivity index (χ1n) is 9.51. The Balaban J connectivity index is 1.46. The lowest BCUT2D eigenvalue weighted by Gasteiger charge is -2.39. The summed E-state index contributed by atoms with van der Waals surface area (Å²) in [6, 6.07) is 9.38. The largest absolute Gasteiger partial charge is 0.354 e. The van der Waals surface area contributed by atoms with Crippen LogP contribution in [-0.2, 0) is 11.3 Å². The molecule has 2 aromatic rings. The third kappa shape index (κ3) is 4.21. The number of likely N-dealkylation sites (tertiary alicyclic amines) is 1. The summed E-state index contributed by atoms with van der Waals surface area (Å²) in [6.45, 7) is 8.70. The van der Waals surface area contributed by atoms with E-state index >= 15 is 0 Å². The van der Waals surface area contributed by atoms with Crippen molar-refractivity contribution in [3.63, 3.8) is 0 Å². The van der Waals surface area contributed by atoms with E-state index in [0.29, 0.717) is 12.1 Å². The number of nitrogens with zero attached hydrogens (tertiary/aromatic N) is 3. The fourth-order valence-corrected chi connectivity index (χ4v) is 4.01. The van der Waals surface area contributed by atoms with Crippen LogP contribution in [0, 0.1) is 6.92 Å². The molecule has 0 saturated carbocycles. The minimum atomic E-state index is 0.0352. The van der Waals surface area contributed by atoms with Gasteiger partial charge in [-0.1, -0.05) is 24.6 Å². The van der Waals surface area contributed by atoms with Crippen molar-refractivity contribution in [1.82, 2.24) is 20.0 Å². The van der Waals surface area contributed by atoms with E-state index in [1.807, 2.05) is 31.2 Å². The van der Waals surface area contributed by atoms with Crippen LogP contribution in [0.1, 0.15) is 45.2 Å². The van der Waals surface area contributed by atoms with Crippen molar-refractivity contribution in [1.29, 1.82) is 0 Å². The van der Waals surface area contributed by atoms with Gasteiger partial charge in [-0.15, -0.1) is 0 Å². The number of aryl methyl sites for hydroxylation is 1. The van der Waals surface area contributed by atoms with Crippen molar-refractivity contribution < 1.29 is 4.79 Å². The lowest BCUT2D eigenvalue weighted by atomic mass is 9.97. The summed E-state index contributed by atoms with van der Waals surface area (Å²) in [5, 5.41) is 8.66. The molecule has 136 valence electrons. The predicted molar refractivity (Wildman–Crippen MR) is 102 cm³/mol. The highest BCUT2D eigenvalue weighted by molar-refractivity contribution is 5.84. The molecule has 2 heterocycles. The number of aromatic nitrogens is 2. The Kier molecular flexibility index (Phi) is 5.74. The van der Waals surface area contributed by atoms with Crippen molar-refractivity contribution in [2.75, 3.05) is 13.1 Å². The van der Waals surface area contributed by atoms with Crippen LogP contribution in [0.15, 0.2) is 24.3 Å². The Morgan fingerprint density at radius 2 is 1.96 bits per heavy atom. The van der Waals surface area contributed by atoms with Crippen LogP contribution in [0.4, 0.5) is 0 Å². The Labute approximate surface area is 150 Å². The summed E-state index contributed by atoms with van der Waals surface area (Å²) < 4.78 is 1.80. The first-order valence-corrected chi connectivity index (χ1v) is 9.51. The number of piperidine rings is 1. The van der Waals surface area contributed by atoms with Crippen LogP contribution >= 0.6 is 0 Å². The quantitative estimate of drug-likeness (QED) is 0.821. The molecule has 3 rings (SSSR count). The van der Waals surface area contributed by atoms with Gasteiger partial charge in [-0.2, -0.15) is 5.10 Å². The number of hydrogen-bond acceptors (Lipinski definition) is 3. The number of rotatable bonds is 6. The second-order valence-electron chi connectivity index (χ2n) is 7.33. The van der Waals surface area contributed by atoms with E-state index in [1.54, 1.807) is 4.68 Å². The zero-order valence-electron chi connectivity index (χ0n) is 15.7. The summed E-state index contributed by atoms with van der Waals surface area (Å²) in [5.74, 6) is 0.0352. The minimum Gasteiger partial charge on any atom is -0.354 e. The monoisotopic (exact) mass is 342 g/mol. The van der Waals surface area contributed by atoms with Gasteiger partial charge < -0.3 is 5.32 Å². The van der Waals surface area contributed by atoms with E-state index in [-0.39, 0.29) is 12.5 Å². The molecule has 1 aliphatic heterocycles. The molecule has 1 aliphatic rings. The van der Waals surface area contributed by atoms with Gasteiger partial charge in [-0.25, -0.2) is 0 Å². The molecule has 0 unspecified atom stereocenters. The van der Waals surface area contributed by atoms with E-state index in [4.69, 9.17) is 0 Å². The molecule has 2 atom stereocenters. The van der Waals surface area contributed by atoms with Crippen molar-refractivity contribution in [2.24, 2.45) is 0 Å². The van der Waals surface area contributed by atoms with E-state index in [1.165, 1.54) is 19.3 Å². The number of carbonyl (C=O) groups excluding carboxylic acids is 1. The lowest BCUT2D eigenvalue weighted by Crippen LogP contribution is -2.44. The molecule has 1 fully saturated rings. The molecule has 1 N–H and O–H groups in total. The Morgan fingerprint density at radius 3 is 2.72 bits per heavy atom. The summed E-state index contributed by atoms with van der Waals surface area (Å²) in [6.07, 6.45) is 4.93. The summed E-state index contributed by atoms with van der Waals surface area (Å²) in [7, 11) is 0. The highest BCUT2D eigenvalue weighted by atomic mass is 16.2. The van der Waals surface area contributed by atoms with Gasteiger partial charge >= 0.3 is 0 Å². The third-order valence-corrected chi connectivity index (χ3v) is 5.43. The number of benzene rings is 1. The average Bonchev–Trinajstić information content (AvgIpc) is 2.90. The fourth-order valence-electron chi connectivity index (χ4n) is 4.01.